The molecule has 4 nitrogen and oxygen atoms in total. The molecule has 7 atom stereocenters. The van der Waals surface area contributed by atoms with Gasteiger partial charge in [-0.3, -0.25) is 0 Å². The summed E-state index contributed by atoms with van der Waals surface area (Å²) in [6, 6.07) is 0. The molecular formula is C28H46O4. The second kappa shape index (κ2) is 10.1. The Kier molecular flexibility index (Phi) is 8.13. The van der Waals surface area contributed by atoms with Crippen LogP contribution in [0.5, 0.6) is 0 Å². The van der Waals surface area contributed by atoms with Crippen LogP contribution in [0.4, 0.5) is 0 Å². The monoisotopic (exact) mass is 446 g/mol. The van der Waals surface area contributed by atoms with Crippen LogP contribution in [0.3, 0.4) is 0 Å². The number of fused-ring (bicyclic) bond motifs is 1. The Morgan fingerprint density at radius 1 is 1.25 bits per heavy atom. The Morgan fingerprint density at radius 3 is 2.62 bits per heavy atom. The van der Waals surface area contributed by atoms with Crippen molar-refractivity contribution in [2.24, 2.45) is 23.2 Å². The molecule has 0 saturated heterocycles. The molecule has 0 bridgehead atoms. The van der Waals surface area contributed by atoms with Crippen molar-refractivity contribution >= 4 is 0 Å². The lowest BCUT2D eigenvalue weighted by atomic mass is 9.60. The Bertz CT molecular complexity index is 730. The fraction of sp³-hybridized carbons (Fsp3) is 0.786. The Labute approximate surface area is 195 Å². The molecule has 4 heteroatoms. The maximum atomic E-state index is 10.5. The van der Waals surface area contributed by atoms with Crippen LogP contribution in [-0.4, -0.2) is 46.3 Å². The normalized spacial score (nSPS) is 39.5. The number of aliphatic hydroxyl groups is 3. The van der Waals surface area contributed by atoms with Crippen molar-refractivity contribution in [2.45, 2.75) is 109 Å². The second-order valence-corrected chi connectivity index (χ2v) is 11.7. The van der Waals surface area contributed by atoms with Crippen LogP contribution in [0.1, 0.15) is 85.5 Å². The molecule has 3 saturated carbocycles. The van der Waals surface area contributed by atoms with Crippen LogP contribution < -0.4 is 0 Å². The lowest BCUT2D eigenvalue weighted by Gasteiger charge is -2.44. The number of aliphatic hydroxyl groups excluding tert-OH is 2. The molecule has 3 N–H and O–H groups in total. The first kappa shape index (κ1) is 25.7. The quantitative estimate of drug-likeness (QED) is 0.494. The van der Waals surface area contributed by atoms with E-state index in [4.69, 9.17) is 4.74 Å². The molecule has 0 aromatic rings. The minimum atomic E-state index is -0.856. The first-order chi connectivity index (χ1) is 15.0. The van der Waals surface area contributed by atoms with E-state index in [0.29, 0.717) is 29.2 Å². The molecule has 0 unspecified atom stereocenters. The van der Waals surface area contributed by atoms with Gasteiger partial charge in [0.2, 0.25) is 0 Å². The van der Waals surface area contributed by atoms with Gasteiger partial charge in [-0.1, -0.05) is 51.0 Å². The van der Waals surface area contributed by atoms with E-state index >= 15 is 0 Å². The molecule has 0 aliphatic heterocycles. The summed E-state index contributed by atoms with van der Waals surface area (Å²) < 4.78 is 5.26. The molecule has 3 aliphatic rings. The van der Waals surface area contributed by atoms with E-state index in [9.17, 15) is 15.3 Å². The highest BCUT2D eigenvalue weighted by Gasteiger charge is 2.50. The van der Waals surface area contributed by atoms with Gasteiger partial charge in [-0.25, -0.2) is 0 Å². The second-order valence-electron chi connectivity index (χ2n) is 11.7. The number of ether oxygens (including phenoxy) is 1. The summed E-state index contributed by atoms with van der Waals surface area (Å²) in [5.41, 5.74) is 2.92. The molecular weight excluding hydrogens is 400 g/mol. The third-order valence-electron chi connectivity index (χ3n) is 8.83. The van der Waals surface area contributed by atoms with Gasteiger partial charge in [0, 0.05) is 13.5 Å². The number of hydrogen-bond acceptors (Lipinski definition) is 4. The minimum Gasteiger partial charge on any atom is -0.390 e. The molecule has 3 aliphatic carbocycles. The van der Waals surface area contributed by atoms with Gasteiger partial charge in [0.25, 0.3) is 0 Å². The molecule has 182 valence electrons. The number of allylic oxidation sites excluding steroid dienone is 3. The molecule has 0 radical (unpaired) electrons. The Hall–Kier alpha value is -0.940. The van der Waals surface area contributed by atoms with Crippen LogP contribution in [0.2, 0.25) is 0 Å². The van der Waals surface area contributed by atoms with E-state index in [0.717, 1.165) is 30.8 Å². The maximum Gasteiger partial charge on any atom is 0.113 e. The molecule has 0 aromatic heterocycles. The predicted molar refractivity (Wildman–Crippen MR) is 130 cm³/mol. The minimum absolute atomic E-state index is 0.348. The third-order valence-corrected chi connectivity index (χ3v) is 8.83. The van der Waals surface area contributed by atoms with Gasteiger partial charge in [-0.2, -0.15) is 0 Å². The zero-order chi connectivity index (χ0) is 23.7. The number of methoxy groups -OCH3 is 1. The van der Waals surface area contributed by atoms with E-state index in [1.807, 2.05) is 13.8 Å². The Morgan fingerprint density at radius 2 is 1.97 bits per heavy atom. The molecule has 3 rings (SSSR count). The summed E-state index contributed by atoms with van der Waals surface area (Å²) in [5.74, 6) is 2.04. The average molecular weight is 447 g/mol. The zero-order valence-electron chi connectivity index (χ0n) is 20.9. The number of rotatable bonds is 7. The van der Waals surface area contributed by atoms with Crippen molar-refractivity contribution in [3.8, 4) is 0 Å². The van der Waals surface area contributed by atoms with Gasteiger partial charge in [-0.05, 0) is 86.7 Å². The van der Waals surface area contributed by atoms with Gasteiger partial charge < -0.3 is 20.1 Å². The fourth-order valence-electron chi connectivity index (χ4n) is 7.01. The lowest BCUT2D eigenvalue weighted by molar-refractivity contribution is -0.0759. The summed E-state index contributed by atoms with van der Waals surface area (Å²) in [5, 5.41) is 30.9. The van der Waals surface area contributed by atoms with Crippen LogP contribution in [-0.2, 0) is 4.74 Å². The summed E-state index contributed by atoms with van der Waals surface area (Å²) in [6.07, 6.45) is 12.0. The summed E-state index contributed by atoms with van der Waals surface area (Å²) in [7, 11) is 1.52. The molecule has 0 spiro atoms. The van der Waals surface area contributed by atoms with E-state index < -0.39 is 23.9 Å². The SMILES string of the molecule is C=C1/C(=C/C=C2\CCC[C@]3(C)[C@@H]([C@H](C)CCCC(C)(C)O)CC[C@@H]23)C[C@@H](O)[C@@H](OC)[C@@H]1O. The van der Waals surface area contributed by atoms with Gasteiger partial charge in [0.15, 0.2) is 0 Å². The maximum absolute atomic E-state index is 10.5. The largest absolute Gasteiger partial charge is 0.390 e. The van der Waals surface area contributed by atoms with Crippen molar-refractivity contribution in [1.29, 1.82) is 0 Å². The molecule has 3 fully saturated rings. The highest BCUT2D eigenvalue weighted by molar-refractivity contribution is 5.40. The Balaban J connectivity index is 1.71. The van der Waals surface area contributed by atoms with Gasteiger partial charge in [-0.15, -0.1) is 0 Å². The fourth-order valence-corrected chi connectivity index (χ4v) is 7.01. The van der Waals surface area contributed by atoms with Gasteiger partial charge >= 0.3 is 0 Å². The number of hydrogen-bond donors (Lipinski definition) is 3. The molecule has 0 aromatic carbocycles. The topological polar surface area (TPSA) is 69.9 Å². The van der Waals surface area contributed by atoms with E-state index in [-0.39, 0.29) is 0 Å². The van der Waals surface area contributed by atoms with E-state index in [2.05, 4.69) is 32.6 Å². The standard InChI is InChI=1S/C28H46O4/c1-18(9-7-15-27(3,4)31)22-13-14-23-20(10-8-16-28(22,23)5)11-12-21-17-24(29)26(32-6)25(30)19(21)2/h11-12,18,22-26,29-31H,2,7-10,13-17H2,1,3-6H3/b20-11+,21-12+/t18-,22-,23+,24-,25-,26-,28-/m1/s1. The van der Waals surface area contributed by atoms with Crippen molar-refractivity contribution in [3.63, 3.8) is 0 Å². The van der Waals surface area contributed by atoms with Crippen molar-refractivity contribution in [1.82, 2.24) is 0 Å². The first-order valence-electron chi connectivity index (χ1n) is 12.7. The average Bonchev–Trinajstić information content (AvgIpc) is 3.06. The van der Waals surface area contributed by atoms with Gasteiger partial charge in [0.1, 0.15) is 12.2 Å². The third kappa shape index (κ3) is 5.41. The van der Waals surface area contributed by atoms with E-state index in [1.165, 1.54) is 44.8 Å². The van der Waals surface area contributed by atoms with Crippen LogP contribution in [0.15, 0.2) is 35.5 Å². The highest BCUT2D eigenvalue weighted by atomic mass is 16.5. The molecule has 32 heavy (non-hydrogen) atoms. The lowest BCUT2D eigenvalue weighted by Crippen LogP contribution is -2.44. The van der Waals surface area contributed by atoms with Gasteiger partial charge in [0.05, 0.1) is 11.7 Å². The smallest absolute Gasteiger partial charge is 0.113 e. The molecule has 0 heterocycles. The van der Waals surface area contributed by atoms with Crippen LogP contribution in [0, 0.1) is 23.2 Å². The van der Waals surface area contributed by atoms with Crippen LogP contribution >= 0.6 is 0 Å². The van der Waals surface area contributed by atoms with Crippen LogP contribution in [0.25, 0.3) is 0 Å². The zero-order valence-corrected chi connectivity index (χ0v) is 20.9. The highest BCUT2D eigenvalue weighted by Crippen LogP contribution is 2.60. The summed E-state index contributed by atoms with van der Waals surface area (Å²) in [6.45, 7) is 12.8. The predicted octanol–water partition coefficient (Wildman–Crippen LogP) is 5.33. The molecule has 0 amide bonds. The summed E-state index contributed by atoms with van der Waals surface area (Å²) in [4.78, 5) is 0. The van der Waals surface area contributed by atoms with Crippen molar-refractivity contribution in [3.05, 3.63) is 35.5 Å². The summed E-state index contributed by atoms with van der Waals surface area (Å²) >= 11 is 0. The van der Waals surface area contributed by atoms with Crippen molar-refractivity contribution < 1.29 is 20.1 Å². The van der Waals surface area contributed by atoms with Crippen molar-refractivity contribution in [2.75, 3.05) is 7.11 Å². The first-order valence-corrected chi connectivity index (χ1v) is 12.7. The van der Waals surface area contributed by atoms with E-state index in [1.54, 1.807) is 0 Å².